The van der Waals surface area contributed by atoms with E-state index in [2.05, 4.69) is 10.1 Å². The normalized spacial score (nSPS) is 16.0. The summed E-state index contributed by atoms with van der Waals surface area (Å²) in [5, 5.41) is 12.7. The van der Waals surface area contributed by atoms with Crippen LogP contribution in [0.2, 0.25) is 0 Å². The second-order valence-electron chi connectivity index (χ2n) is 8.87. The number of hydrogen-bond acceptors (Lipinski definition) is 10. The standard InChI is InChI=1S/C21H37NO10S/c1-16(23)22-11-7-13-33(27,28)32-14-21(2,3)18(24)19(25)30-15-31-20(26)29-12-10-17-8-5-4-6-9-17/h17-18,24H,4-15H2,1-3H3,(H,22,23)/t18-/m0/s1. The molecule has 0 saturated heterocycles. The third-order valence-corrected chi connectivity index (χ3v) is 6.63. The Bertz CT molecular complexity index is 731. The first kappa shape index (κ1) is 29.1. The Labute approximate surface area is 195 Å². The van der Waals surface area contributed by atoms with Crippen molar-refractivity contribution >= 4 is 28.1 Å². The number of rotatable bonds is 14. The van der Waals surface area contributed by atoms with E-state index in [4.69, 9.17) is 13.7 Å². The number of amides is 1. The molecule has 0 aromatic heterocycles. The fraction of sp³-hybridized carbons (Fsp3) is 0.857. The van der Waals surface area contributed by atoms with Crippen LogP contribution in [0.3, 0.4) is 0 Å². The summed E-state index contributed by atoms with van der Waals surface area (Å²) in [6, 6.07) is 0. The lowest BCUT2D eigenvalue weighted by molar-refractivity contribution is -0.170. The molecule has 1 fully saturated rings. The zero-order valence-corrected chi connectivity index (χ0v) is 20.5. The number of aliphatic hydroxyl groups is 1. The van der Waals surface area contributed by atoms with E-state index in [0.717, 1.165) is 19.3 Å². The SMILES string of the molecule is CC(=O)NCCCS(=O)(=O)OCC(C)(C)[C@@H](O)C(=O)OCOC(=O)OCCC1CCCCC1. The smallest absolute Gasteiger partial charge is 0.434 e. The van der Waals surface area contributed by atoms with Crippen molar-refractivity contribution in [3.8, 4) is 0 Å². The van der Waals surface area contributed by atoms with Crippen molar-refractivity contribution in [1.29, 1.82) is 0 Å². The molecule has 2 N–H and O–H groups in total. The highest BCUT2D eigenvalue weighted by Crippen LogP contribution is 2.26. The summed E-state index contributed by atoms with van der Waals surface area (Å²) in [4.78, 5) is 34.4. The van der Waals surface area contributed by atoms with Crippen LogP contribution in [0.5, 0.6) is 0 Å². The quantitative estimate of drug-likeness (QED) is 0.158. The monoisotopic (exact) mass is 495 g/mol. The summed E-state index contributed by atoms with van der Waals surface area (Å²) in [7, 11) is -3.92. The molecule has 1 atom stereocenters. The van der Waals surface area contributed by atoms with E-state index in [-0.39, 0.29) is 31.2 Å². The molecular weight excluding hydrogens is 458 g/mol. The van der Waals surface area contributed by atoms with E-state index in [1.54, 1.807) is 0 Å². The van der Waals surface area contributed by atoms with Gasteiger partial charge >= 0.3 is 12.1 Å². The topological polar surface area (TPSA) is 155 Å². The number of ether oxygens (including phenoxy) is 3. The fourth-order valence-corrected chi connectivity index (χ4v) is 4.35. The molecular formula is C21H37NO10S. The highest BCUT2D eigenvalue weighted by atomic mass is 32.2. The summed E-state index contributed by atoms with van der Waals surface area (Å²) in [5.74, 6) is -1.15. The Morgan fingerprint density at radius 2 is 1.76 bits per heavy atom. The van der Waals surface area contributed by atoms with Crippen molar-refractivity contribution in [3.05, 3.63) is 0 Å². The van der Waals surface area contributed by atoms with Crippen LogP contribution in [0, 0.1) is 11.3 Å². The fourth-order valence-electron chi connectivity index (χ4n) is 3.25. The number of hydrogen-bond donors (Lipinski definition) is 2. The second kappa shape index (κ2) is 14.4. The molecule has 192 valence electrons. The van der Waals surface area contributed by atoms with Crippen LogP contribution in [0.25, 0.3) is 0 Å². The molecule has 1 aliphatic carbocycles. The molecule has 0 radical (unpaired) electrons. The number of nitrogens with one attached hydrogen (secondary N) is 1. The first-order valence-electron chi connectivity index (χ1n) is 11.2. The van der Waals surface area contributed by atoms with Crippen molar-refractivity contribution < 1.29 is 46.3 Å². The van der Waals surface area contributed by atoms with Crippen LogP contribution in [0.1, 0.15) is 65.7 Å². The molecule has 0 aromatic carbocycles. The zero-order valence-electron chi connectivity index (χ0n) is 19.7. The molecule has 33 heavy (non-hydrogen) atoms. The summed E-state index contributed by atoms with van der Waals surface area (Å²) in [6.07, 6.45) is 4.11. The maximum atomic E-state index is 12.0. The predicted molar refractivity (Wildman–Crippen MR) is 117 cm³/mol. The molecule has 1 aliphatic rings. The molecule has 1 rings (SSSR count). The highest BCUT2D eigenvalue weighted by molar-refractivity contribution is 7.86. The molecule has 1 saturated carbocycles. The minimum Gasteiger partial charge on any atom is -0.434 e. The first-order valence-corrected chi connectivity index (χ1v) is 12.8. The molecule has 0 aromatic rings. The van der Waals surface area contributed by atoms with E-state index < -0.39 is 47.2 Å². The largest absolute Gasteiger partial charge is 0.511 e. The average Bonchev–Trinajstić information content (AvgIpc) is 2.75. The summed E-state index contributed by atoms with van der Waals surface area (Å²) in [5.41, 5.74) is -1.30. The van der Waals surface area contributed by atoms with Gasteiger partial charge in [0, 0.05) is 18.9 Å². The van der Waals surface area contributed by atoms with Gasteiger partial charge in [-0.3, -0.25) is 8.98 Å². The molecule has 0 bridgehead atoms. The Hall–Kier alpha value is -1.92. The lowest BCUT2D eigenvalue weighted by Gasteiger charge is -2.28. The van der Waals surface area contributed by atoms with Crippen LogP contribution < -0.4 is 5.32 Å². The second-order valence-corrected chi connectivity index (χ2v) is 10.6. The third kappa shape index (κ3) is 12.8. The Kier molecular flexibility index (Phi) is 12.7. The number of carbonyl (C=O) groups is 3. The number of esters is 1. The van der Waals surface area contributed by atoms with Gasteiger partial charge in [0.05, 0.1) is 19.0 Å². The number of carbonyl (C=O) groups excluding carboxylic acids is 3. The van der Waals surface area contributed by atoms with Gasteiger partial charge in [-0.2, -0.15) is 8.42 Å². The van der Waals surface area contributed by atoms with E-state index >= 15 is 0 Å². The number of aliphatic hydroxyl groups excluding tert-OH is 1. The Morgan fingerprint density at radius 1 is 1.09 bits per heavy atom. The first-order chi connectivity index (χ1) is 15.4. The summed E-state index contributed by atoms with van der Waals surface area (Å²) >= 11 is 0. The van der Waals surface area contributed by atoms with Gasteiger partial charge < -0.3 is 24.6 Å². The van der Waals surface area contributed by atoms with Crippen LogP contribution >= 0.6 is 0 Å². The maximum Gasteiger partial charge on any atom is 0.511 e. The van der Waals surface area contributed by atoms with Crippen LogP contribution in [-0.2, 0) is 38.1 Å². The van der Waals surface area contributed by atoms with Gasteiger partial charge in [-0.15, -0.1) is 0 Å². The predicted octanol–water partition coefficient (Wildman–Crippen LogP) is 1.87. The lowest BCUT2D eigenvalue weighted by Crippen LogP contribution is -2.42. The van der Waals surface area contributed by atoms with E-state index in [1.165, 1.54) is 40.0 Å². The van der Waals surface area contributed by atoms with Crippen LogP contribution in [0.4, 0.5) is 4.79 Å². The van der Waals surface area contributed by atoms with Gasteiger partial charge in [0.25, 0.3) is 10.1 Å². The highest BCUT2D eigenvalue weighted by Gasteiger charge is 2.36. The average molecular weight is 496 g/mol. The van der Waals surface area contributed by atoms with E-state index in [9.17, 15) is 27.9 Å². The molecule has 0 unspecified atom stereocenters. The van der Waals surface area contributed by atoms with Gasteiger partial charge in [0.2, 0.25) is 12.7 Å². The van der Waals surface area contributed by atoms with Crippen LogP contribution in [0.15, 0.2) is 0 Å². The van der Waals surface area contributed by atoms with Crippen LogP contribution in [-0.4, -0.2) is 70.0 Å². The minimum atomic E-state index is -3.92. The van der Waals surface area contributed by atoms with E-state index in [0.29, 0.717) is 5.92 Å². The van der Waals surface area contributed by atoms with E-state index in [1.807, 2.05) is 0 Å². The Morgan fingerprint density at radius 3 is 2.39 bits per heavy atom. The van der Waals surface area contributed by atoms with Crippen molar-refractivity contribution in [2.24, 2.45) is 11.3 Å². The minimum absolute atomic E-state index is 0.154. The summed E-state index contributed by atoms with van der Waals surface area (Å²) in [6.45, 7) is 3.35. The van der Waals surface area contributed by atoms with Crippen molar-refractivity contribution in [2.75, 3.05) is 32.3 Å². The zero-order chi connectivity index (χ0) is 24.9. The molecule has 11 nitrogen and oxygen atoms in total. The molecule has 0 aliphatic heterocycles. The molecule has 12 heteroatoms. The lowest BCUT2D eigenvalue weighted by atomic mass is 9.87. The van der Waals surface area contributed by atoms with Gasteiger partial charge in [0.15, 0.2) is 6.10 Å². The summed E-state index contributed by atoms with van der Waals surface area (Å²) < 4.78 is 43.2. The van der Waals surface area contributed by atoms with Gasteiger partial charge in [0.1, 0.15) is 0 Å². The van der Waals surface area contributed by atoms with Crippen molar-refractivity contribution in [1.82, 2.24) is 5.32 Å². The van der Waals surface area contributed by atoms with Gasteiger partial charge in [-0.05, 0) is 18.8 Å². The van der Waals surface area contributed by atoms with Gasteiger partial charge in [-0.25, -0.2) is 9.59 Å². The van der Waals surface area contributed by atoms with Crippen molar-refractivity contribution in [3.63, 3.8) is 0 Å². The van der Waals surface area contributed by atoms with Crippen molar-refractivity contribution in [2.45, 2.75) is 71.8 Å². The van der Waals surface area contributed by atoms with Gasteiger partial charge in [-0.1, -0.05) is 46.0 Å². The maximum absolute atomic E-state index is 12.0. The third-order valence-electron chi connectivity index (χ3n) is 5.37. The molecule has 1 amide bonds. The Balaban J connectivity index is 2.27. The molecule has 0 spiro atoms. The molecule has 0 heterocycles.